The summed E-state index contributed by atoms with van der Waals surface area (Å²) in [7, 11) is 2.01. The second kappa shape index (κ2) is 4.33. The highest BCUT2D eigenvalue weighted by Crippen LogP contribution is 2.10. The fraction of sp³-hybridized carbons (Fsp3) is 0.444. The Morgan fingerprint density at radius 3 is 3.00 bits per heavy atom. The predicted molar refractivity (Wildman–Crippen MR) is 56.0 cm³/mol. The lowest BCUT2D eigenvalue weighted by Gasteiger charge is -2.20. The molecule has 0 saturated heterocycles. The Kier molecular flexibility index (Phi) is 3.37. The normalized spacial score (nSPS) is 21.9. The molecule has 0 aromatic rings. The monoisotopic (exact) mass is 199 g/mol. The van der Waals surface area contributed by atoms with Crippen LogP contribution in [0, 0.1) is 5.41 Å². The van der Waals surface area contributed by atoms with Gasteiger partial charge in [-0.05, 0) is 19.1 Å². The van der Waals surface area contributed by atoms with Gasteiger partial charge in [-0.25, -0.2) is 0 Å². The lowest BCUT2D eigenvalue weighted by Crippen LogP contribution is -2.31. The minimum absolute atomic E-state index is 0.156. The van der Waals surface area contributed by atoms with E-state index in [1.165, 1.54) is 5.70 Å². The van der Waals surface area contributed by atoms with E-state index < -0.39 is 0 Å². The van der Waals surface area contributed by atoms with Crippen molar-refractivity contribution in [3.05, 3.63) is 24.0 Å². The van der Waals surface area contributed by atoms with Crippen molar-refractivity contribution in [1.82, 2.24) is 10.2 Å². The van der Waals surface area contributed by atoms with Gasteiger partial charge in [0.25, 0.3) is 0 Å². The smallest absolute Gasteiger partial charge is 0.118 e. The van der Waals surface area contributed by atoms with Gasteiger partial charge >= 0.3 is 0 Å². The van der Waals surface area contributed by atoms with Gasteiger partial charge in [0.05, 0.1) is 5.88 Å². The van der Waals surface area contributed by atoms with E-state index in [9.17, 15) is 0 Å². The summed E-state index contributed by atoms with van der Waals surface area (Å²) < 4.78 is 0. The maximum Gasteiger partial charge on any atom is 0.118 e. The van der Waals surface area contributed by atoms with Crippen molar-refractivity contribution in [2.75, 3.05) is 12.9 Å². The number of nitrogens with zero attached hydrogens (tertiary/aromatic N) is 1. The lowest BCUT2D eigenvalue weighted by atomic mass is 10.3. The molecule has 0 bridgehead atoms. The Bertz CT molecular complexity index is 258. The number of halogens is 1. The van der Waals surface area contributed by atoms with Crippen LogP contribution in [0.2, 0.25) is 0 Å². The number of nitrogens with one attached hydrogen (secondary N) is 2. The quantitative estimate of drug-likeness (QED) is 0.535. The molecule has 2 N–H and O–H groups in total. The first kappa shape index (κ1) is 10.1. The molecule has 0 aromatic carbocycles. The van der Waals surface area contributed by atoms with Crippen LogP contribution in [0.3, 0.4) is 0 Å². The van der Waals surface area contributed by atoms with E-state index >= 15 is 0 Å². The molecule has 0 aliphatic carbocycles. The van der Waals surface area contributed by atoms with Crippen LogP contribution in [0.1, 0.15) is 6.92 Å². The van der Waals surface area contributed by atoms with Crippen LogP contribution >= 0.6 is 11.6 Å². The van der Waals surface area contributed by atoms with Crippen molar-refractivity contribution in [3.63, 3.8) is 0 Å². The number of allylic oxidation sites excluding steroid dienone is 2. The van der Waals surface area contributed by atoms with E-state index in [1.54, 1.807) is 6.08 Å². The van der Waals surface area contributed by atoms with Crippen molar-refractivity contribution >= 4 is 17.3 Å². The SMILES string of the molecule is CC1=CNC(/C=C\C(=N)CCl)N1C. The van der Waals surface area contributed by atoms with Crippen molar-refractivity contribution in [3.8, 4) is 0 Å². The zero-order chi connectivity index (χ0) is 9.84. The summed E-state index contributed by atoms with van der Waals surface area (Å²) in [6.07, 6.45) is 5.77. The van der Waals surface area contributed by atoms with E-state index in [-0.39, 0.29) is 12.0 Å². The molecule has 0 radical (unpaired) electrons. The van der Waals surface area contributed by atoms with Gasteiger partial charge in [0.2, 0.25) is 0 Å². The first-order chi connectivity index (χ1) is 6.15. The van der Waals surface area contributed by atoms with E-state index in [4.69, 9.17) is 17.0 Å². The summed E-state index contributed by atoms with van der Waals surface area (Å²) in [5.41, 5.74) is 1.62. The van der Waals surface area contributed by atoms with Crippen molar-refractivity contribution in [1.29, 1.82) is 5.41 Å². The second-order valence-electron chi connectivity index (χ2n) is 3.03. The van der Waals surface area contributed by atoms with Gasteiger partial charge in [-0.3, -0.25) is 0 Å². The first-order valence-corrected chi connectivity index (χ1v) is 4.66. The summed E-state index contributed by atoms with van der Waals surface area (Å²) >= 11 is 5.48. The van der Waals surface area contributed by atoms with Crippen LogP contribution < -0.4 is 5.32 Å². The molecule has 1 aliphatic rings. The van der Waals surface area contributed by atoms with E-state index in [0.717, 1.165) is 0 Å². The molecule has 72 valence electrons. The highest BCUT2D eigenvalue weighted by Gasteiger charge is 2.15. The Labute approximate surface area is 83.6 Å². The van der Waals surface area contributed by atoms with Crippen LogP contribution in [-0.4, -0.2) is 29.7 Å². The lowest BCUT2D eigenvalue weighted by molar-refractivity contribution is 0.366. The molecule has 0 saturated carbocycles. The molecular weight excluding hydrogens is 186 g/mol. The molecule has 1 rings (SSSR count). The van der Waals surface area contributed by atoms with Gasteiger partial charge in [0.1, 0.15) is 6.17 Å². The highest BCUT2D eigenvalue weighted by molar-refractivity contribution is 6.29. The molecule has 3 nitrogen and oxygen atoms in total. The van der Waals surface area contributed by atoms with Crippen molar-refractivity contribution in [2.24, 2.45) is 0 Å². The molecule has 4 heteroatoms. The minimum Gasteiger partial charge on any atom is -0.367 e. The maximum absolute atomic E-state index is 7.34. The van der Waals surface area contributed by atoms with Crippen LogP contribution in [0.25, 0.3) is 0 Å². The summed E-state index contributed by atoms with van der Waals surface area (Å²) in [5.74, 6) is 0.263. The molecule has 1 aliphatic heterocycles. The van der Waals surface area contributed by atoms with Gasteiger partial charge in [0.15, 0.2) is 0 Å². The third-order valence-corrected chi connectivity index (χ3v) is 2.35. The van der Waals surface area contributed by atoms with E-state index in [1.807, 2.05) is 26.2 Å². The van der Waals surface area contributed by atoms with Crippen LogP contribution in [0.4, 0.5) is 0 Å². The van der Waals surface area contributed by atoms with Gasteiger partial charge in [-0.2, -0.15) is 0 Å². The highest BCUT2D eigenvalue weighted by atomic mass is 35.5. The number of rotatable bonds is 3. The fourth-order valence-corrected chi connectivity index (χ4v) is 1.16. The maximum atomic E-state index is 7.34. The molecule has 1 atom stereocenters. The Morgan fingerprint density at radius 1 is 1.85 bits per heavy atom. The predicted octanol–water partition coefficient (Wildman–Crippen LogP) is 1.52. The summed E-state index contributed by atoms with van der Waals surface area (Å²) in [6.45, 7) is 2.04. The third kappa shape index (κ3) is 2.49. The molecule has 1 unspecified atom stereocenters. The largest absolute Gasteiger partial charge is 0.367 e. The zero-order valence-electron chi connectivity index (χ0n) is 7.84. The zero-order valence-corrected chi connectivity index (χ0v) is 8.60. The Morgan fingerprint density at radius 2 is 2.54 bits per heavy atom. The van der Waals surface area contributed by atoms with Gasteiger partial charge in [-0.15, -0.1) is 11.6 Å². The molecule has 0 aromatic heterocycles. The first-order valence-electron chi connectivity index (χ1n) is 4.12. The molecule has 1 heterocycles. The molecule has 0 amide bonds. The van der Waals surface area contributed by atoms with Gasteiger partial charge < -0.3 is 15.6 Å². The van der Waals surface area contributed by atoms with Gasteiger partial charge in [0, 0.05) is 24.7 Å². The van der Waals surface area contributed by atoms with Crippen molar-refractivity contribution in [2.45, 2.75) is 13.1 Å². The standard InChI is InChI=1S/C9H14ClN3/c1-7-6-12-9(13(7)2)4-3-8(11)5-10/h3-4,6,9,11-12H,5H2,1-2H3/b4-3-,11-8?. The third-order valence-electron chi connectivity index (χ3n) is 2.06. The average Bonchev–Trinajstić information content (AvgIpc) is 2.44. The fourth-order valence-electron chi connectivity index (χ4n) is 1.08. The van der Waals surface area contributed by atoms with Gasteiger partial charge in [-0.1, -0.05) is 0 Å². The van der Waals surface area contributed by atoms with Crippen LogP contribution in [-0.2, 0) is 0 Å². The Hall–Kier alpha value is -0.960. The number of hydrogen-bond acceptors (Lipinski definition) is 3. The molecule has 13 heavy (non-hydrogen) atoms. The molecule has 0 fully saturated rings. The summed E-state index contributed by atoms with van der Waals surface area (Å²) in [5, 5.41) is 10.5. The van der Waals surface area contributed by atoms with E-state index in [2.05, 4.69) is 10.2 Å². The van der Waals surface area contributed by atoms with Crippen molar-refractivity contribution < 1.29 is 0 Å². The van der Waals surface area contributed by atoms with Crippen LogP contribution in [0.15, 0.2) is 24.0 Å². The summed E-state index contributed by atoms with van der Waals surface area (Å²) in [4.78, 5) is 2.10. The topological polar surface area (TPSA) is 39.1 Å². The molecule has 0 spiro atoms. The number of hydrogen-bond donors (Lipinski definition) is 2. The van der Waals surface area contributed by atoms with Crippen LogP contribution in [0.5, 0.6) is 0 Å². The Balaban J connectivity index is 2.49. The van der Waals surface area contributed by atoms with E-state index in [0.29, 0.717) is 5.71 Å². The number of alkyl halides is 1. The number of likely N-dealkylation sites (N-methyl/N-ethyl adjacent to an activating group) is 1. The summed E-state index contributed by atoms with van der Waals surface area (Å²) in [6, 6.07) is 0. The second-order valence-corrected chi connectivity index (χ2v) is 3.29. The minimum atomic E-state index is 0.156. The molecular formula is C9H14ClN3. The average molecular weight is 200 g/mol.